The summed E-state index contributed by atoms with van der Waals surface area (Å²) in [4.78, 5) is 9.83. The zero-order valence-corrected chi connectivity index (χ0v) is 20.2. The number of nitrogens with zero attached hydrogens (tertiary/aromatic N) is 3. The lowest BCUT2D eigenvalue weighted by molar-refractivity contribution is -0.384. The number of hydrogen-bond acceptors (Lipinski definition) is 8. The number of anilines is 1. The first-order valence-electron chi connectivity index (χ1n) is 10.5. The van der Waals surface area contributed by atoms with Gasteiger partial charge in [-0.1, -0.05) is 17.7 Å². The predicted octanol–water partition coefficient (Wildman–Crippen LogP) is 6.03. The van der Waals surface area contributed by atoms with Gasteiger partial charge in [0.2, 0.25) is 0 Å². The van der Waals surface area contributed by atoms with Gasteiger partial charge in [-0.25, -0.2) is 0 Å². The maximum Gasteiger partial charge on any atom is 0.332 e. The first kappa shape index (κ1) is 26.0. The van der Waals surface area contributed by atoms with Gasteiger partial charge in [-0.2, -0.15) is 18.6 Å². The van der Waals surface area contributed by atoms with E-state index in [0.29, 0.717) is 37.6 Å². The van der Waals surface area contributed by atoms with Gasteiger partial charge in [0.1, 0.15) is 18.0 Å². The minimum Gasteiger partial charge on any atom is -0.492 e. The molecule has 0 bridgehead atoms. The van der Waals surface area contributed by atoms with Crippen LogP contribution in [0, 0.1) is 17.0 Å². The summed E-state index contributed by atoms with van der Waals surface area (Å²) in [5.41, 5.74) is 3.35. The molecule has 0 aliphatic rings. The fraction of sp³-hybridized carbons (Fsp3) is 0.217. The topological polar surface area (TPSA) is 123 Å². The second kappa shape index (κ2) is 11.7. The summed E-state index contributed by atoms with van der Waals surface area (Å²) < 4.78 is 40.1. The molecule has 3 rings (SSSR count). The highest BCUT2D eigenvalue weighted by Crippen LogP contribution is 2.29. The van der Waals surface area contributed by atoms with Gasteiger partial charge < -0.3 is 10.1 Å². The number of nitro groups is 1. The quantitative estimate of drug-likeness (QED) is 0.108. The van der Waals surface area contributed by atoms with E-state index in [2.05, 4.69) is 15.5 Å². The van der Waals surface area contributed by atoms with Crippen LogP contribution < -0.4 is 10.1 Å². The van der Waals surface area contributed by atoms with Crippen molar-refractivity contribution in [3.05, 3.63) is 86.9 Å². The van der Waals surface area contributed by atoms with Crippen molar-refractivity contribution in [1.29, 1.82) is 0 Å². The number of benzene rings is 3. The zero-order chi connectivity index (χ0) is 25.4. The Morgan fingerprint density at radius 1 is 1.11 bits per heavy atom. The van der Waals surface area contributed by atoms with Gasteiger partial charge in [0.25, 0.3) is 5.69 Å². The number of non-ortho nitro benzene ring substituents is 1. The third kappa shape index (κ3) is 7.72. The zero-order valence-electron chi connectivity index (χ0n) is 18.6. The van der Waals surface area contributed by atoms with Gasteiger partial charge in [0, 0.05) is 24.4 Å². The highest BCUT2D eigenvalue weighted by atomic mass is 35.5. The Hall–Kier alpha value is -3.57. The molecule has 12 heteroatoms. The lowest BCUT2D eigenvalue weighted by Gasteiger charge is -2.11. The van der Waals surface area contributed by atoms with Crippen molar-refractivity contribution >= 4 is 38.9 Å². The summed E-state index contributed by atoms with van der Waals surface area (Å²) >= 11 is 6.01. The SMILES string of the molecule is Cc1cc(NCCOc2ccc(S(=O)(=O)F)cc2)ccc1CCN=Nc1ccc([N+](=O)[O-])cc1Cl. The molecule has 0 aliphatic heterocycles. The first-order valence-corrected chi connectivity index (χ1v) is 12.2. The smallest absolute Gasteiger partial charge is 0.332 e. The average molecular weight is 521 g/mol. The lowest BCUT2D eigenvalue weighted by Crippen LogP contribution is -2.11. The first-order chi connectivity index (χ1) is 16.6. The van der Waals surface area contributed by atoms with Gasteiger partial charge in [-0.15, -0.1) is 3.89 Å². The van der Waals surface area contributed by atoms with Crippen LogP contribution in [0.3, 0.4) is 0 Å². The van der Waals surface area contributed by atoms with E-state index in [0.717, 1.165) is 28.9 Å². The fourth-order valence-corrected chi connectivity index (χ4v) is 3.81. The van der Waals surface area contributed by atoms with Crippen molar-refractivity contribution in [3.63, 3.8) is 0 Å². The molecule has 35 heavy (non-hydrogen) atoms. The average Bonchev–Trinajstić information content (AvgIpc) is 2.81. The highest BCUT2D eigenvalue weighted by molar-refractivity contribution is 7.86. The molecule has 3 aromatic rings. The van der Waals surface area contributed by atoms with Gasteiger partial charge in [0.15, 0.2) is 0 Å². The number of azo groups is 1. The Labute approximate surface area is 207 Å². The maximum atomic E-state index is 12.9. The largest absolute Gasteiger partial charge is 0.492 e. The van der Waals surface area contributed by atoms with Crippen molar-refractivity contribution in [3.8, 4) is 5.75 Å². The number of ether oxygens (including phenoxy) is 1. The van der Waals surface area contributed by atoms with Crippen LogP contribution in [-0.2, 0) is 16.6 Å². The second-order valence-corrected chi connectivity index (χ2v) is 9.19. The molecule has 0 aromatic heterocycles. The summed E-state index contributed by atoms with van der Waals surface area (Å²) in [6.07, 6.45) is 0.661. The van der Waals surface area contributed by atoms with E-state index in [-0.39, 0.29) is 10.7 Å². The second-order valence-electron chi connectivity index (χ2n) is 7.43. The van der Waals surface area contributed by atoms with E-state index in [9.17, 15) is 22.4 Å². The molecule has 0 radical (unpaired) electrons. The normalized spacial score (nSPS) is 11.5. The standard InChI is InChI=1S/C23H22ClFN4O5S/c1-16-14-18(26-12-13-34-20-5-7-21(8-6-20)35(25,32)33)3-2-17(16)10-11-27-28-23-9-4-19(29(30)31)15-22(23)24/h2-9,14-15,26H,10-13H2,1H3. The third-order valence-corrected chi connectivity index (χ3v) is 6.09. The molecule has 0 unspecified atom stereocenters. The predicted molar refractivity (Wildman–Crippen MR) is 131 cm³/mol. The molecule has 184 valence electrons. The van der Waals surface area contributed by atoms with Crippen LogP contribution in [-0.4, -0.2) is 33.0 Å². The summed E-state index contributed by atoms with van der Waals surface area (Å²) in [7, 11) is -4.72. The Bertz CT molecular complexity index is 1330. The molecule has 0 aliphatic carbocycles. The molecule has 0 saturated carbocycles. The van der Waals surface area contributed by atoms with Crippen LogP contribution in [0.4, 0.5) is 20.9 Å². The fourth-order valence-electron chi connectivity index (χ4n) is 3.14. The molecule has 0 heterocycles. The molecule has 0 amide bonds. The summed E-state index contributed by atoms with van der Waals surface area (Å²) in [5.74, 6) is 0.440. The molecule has 0 atom stereocenters. The molecule has 0 spiro atoms. The minimum absolute atomic E-state index is 0.102. The Morgan fingerprint density at radius 2 is 1.86 bits per heavy atom. The number of rotatable bonds is 11. The maximum absolute atomic E-state index is 12.9. The lowest BCUT2D eigenvalue weighted by atomic mass is 10.1. The van der Waals surface area contributed by atoms with Crippen molar-refractivity contribution in [2.24, 2.45) is 10.2 Å². The summed E-state index contributed by atoms with van der Waals surface area (Å²) in [6, 6.07) is 15.1. The number of nitro benzene ring substituents is 1. The molecule has 0 saturated heterocycles. The summed E-state index contributed by atoms with van der Waals surface area (Å²) in [6.45, 7) is 3.25. The molecule has 1 N–H and O–H groups in total. The number of hydrogen-bond donors (Lipinski definition) is 1. The van der Waals surface area contributed by atoms with Crippen LogP contribution in [0.15, 0.2) is 75.8 Å². The van der Waals surface area contributed by atoms with Crippen molar-refractivity contribution < 1.29 is 22.0 Å². The van der Waals surface area contributed by atoms with Gasteiger partial charge >= 0.3 is 10.2 Å². The Kier molecular flexibility index (Phi) is 8.72. The molecular weight excluding hydrogens is 499 g/mol. The summed E-state index contributed by atoms with van der Waals surface area (Å²) in [5, 5.41) is 22.4. The number of aryl methyl sites for hydroxylation is 1. The van der Waals surface area contributed by atoms with E-state index in [1.54, 1.807) is 0 Å². The van der Waals surface area contributed by atoms with Crippen LogP contribution in [0.2, 0.25) is 5.02 Å². The van der Waals surface area contributed by atoms with E-state index in [1.165, 1.54) is 30.3 Å². The molecule has 9 nitrogen and oxygen atoms in total. The van der Waals surface area contributed by atoms with Crippen LogP contribution >= 0.6 is 11.6 Å². The van der Waals surface area contributed by atoms with Gasteiger partial charge in [0.05, 0.1) is 21.4 Å². The third-order valence-electron chi connectivity index (χ3n) is 4.95. The number of halogens is 2. The minimum atomic E-state index is -4.72. The van der Waals surface area contributed by atoms with Crippen LogP contribution in [0.25, 0.3) is 0 Å². The van der Waals surface area contributed by atoms with E-state index in [4.69, 9.17) is 16.3 Å². The highest BCUT2D eigenvalue weighted by Gasteiger charge is 2.11. The van der Waals surface area contributed by atoms with Gasteiger partial charge in [-0.3, -0.25) is 10.1 Å². The van der Waals surface area contributed by atoms with E-state index in [1.807, 2.05) is 25.1 Å². The Morgan fingerprint density at radius 3 is 2.49 bits per heavy atom. The molecular formula is C23H22ClFN4O5S. The van der Waals surface area contributed by atoms with E-state index >= 15 is 0 Å². The van der Waals surface area contributed by atoms with E-state index < -0.39 is 20.0 Å². The van der Waals surface area contributed by atoms with Crippen LogP contribution in [0.5, 0.6) is 5.75 Å². The van der Waals surface area contributed by atoms with Crippen LogP contribution in [0.1, 0.15) is 11.1 Å². The van der Waals surface area contributed by atoms with Gasteiger partial charge in [-0.05, 0) is 66.9 Å². The van der Waals surface area contributed by atoms with Crippen molar-refractivity contribution in [1.82, 2.24) is 0 Å². The van der Waals surface area contributed by atoms with Crippen molar-refractivity contribution in [2.75, 3.05) is 25.0 Å². The van der Waals surface area contributed by atoms with Crippen molar-refractivity contribution in [2.45, 2.75) is 18.2 Å². The Balaban J connectivity index is 1.44. The number of nitrogens with one attached hydrogen (secondary N) is 1. The molecule has 0 fully saturated rings. The molecule has 3 aromatic carbocycles. The monoisotopic (exact) mass is 520 g/mol.